The summed E-state index contributed by atoms with van der Waals surface area (Å²) in [4.78, 5) is 0. The van der Waals surface area contributed by atoms with Crippen molar-refractivity contribution in [2.24, 2.45) is 10.8 Å². The van der Waals surface area contributed by atoms with Crippen LogP contribution in [0.3, 0.4) is 0 Å². The van der Waals surface area contributed by atoms with Gasteiger partial charge in [-0.05, 0) is 53.9 Å². The average molecular weight is 323 g/mol. The topological polar surface area (TPSA) is 9.23 Å². The molecule has 0 bridgehead atoms. The standard InChI is InChI=1S/C20H31ClO/c1-15(14-20(5,6)19(2,3)4)12-16-8-9-18(21)13-17(16)10-11-22-7/h8-9,12-13H,10-11,14H2,1-7H3/b15-12-. The molecule has 22 heavy (non-hydrogen) atoms. The highest BCUT2D eigenvalue weighted by Crippen LogP contribution is 2.42. The second kappa shape index (κ2) is 7.66. The summed E-state index contributed by atoms with van der Waals surface area (Å²) in [5, 5.41) is 0.788. The van der Waals surface area contributed by atoms with Gasteiger partial charge in [0.2, 0.25) is 0 Å². The van der Waals surface area contributed by atoms with Gasteiger partial charge >= 0.3 is 0 Å². The van der Waals surface area contributed by atoms with E-state index < -0.39 is 0 Å². The quantitative estimate of drug-likeness (QED) is 0.589. The molecule has 0 fully saturated rings. The molecule has 0 saturated heterocycles. The van der Waals surface area contributed by atoms with Gasteiger partial charge in [-0.25, -0.2) is 0 Å². The lowest BCUT2D eigenvalue weighted by Crippen LogP contribution is -2.29. The van der Waals surface area contributed by atoms with E-state index in [2.05, 4.69) is 59.8 Å². The SMILES string of the molecule is COCCc1cc(Cl)ccc1/C=C(/C)CC(C)(C)C(C)(C)C. The number of halogens is 1. The lowest BCUT2D eigenvalue weighted by atomic mass is 9.66. The lowest BCUT2D eigenvalue weighted by molar-refractivity contribution is 0.132. The first-order chi connectivity index (χ1) is 10.1. The minimum atomic E-state index is 0.257. The first-order valence-corrected chi connectivity index (χ1v) is 8.39. The van der Waals surface area contributed by atoms with Gasteiger partial charge < -0.3 is 4.74 Å². The van der Waals surface area contributed by atoms with Crippen LogP contribution in [0.1, 0.15) is 59.1 Å². The Kier molecular flexibility index (Phi) is 6.70. The van der Waals surface area contributed by atoms with Crippen LogP contribution < -0.4 is 0 Å². The molecule has 0 aliphatic heterocycles. The average Bonchev–Trinajstić information content (AvgIpc) is 2.37. The van der Waals surface area contributed by atoms with Gasteiger partial charge in [0.1, 0.15) is 0 Å². The molecule has 0 unspecified atom stereocenters. The molecule has 1 aromatic carbocycles. The van der Waals surface area contributed by atoms with Gasteiger partial charge in [0.05, 0.1) is 6.61 Å². The second-order valence-electron chi connectivity index (χ2n) is 7.89. The Labute approximate surface area is 141 Å². The number of benzene rings is 1. The van der Waals surface area contributed by atoms with Crippen molar-refractivity contribution in [2.45, 2.75) is 54.4 Å². The zero-order valence-corrected chi connectivity index (χ0v) is 16.0. The summed E-state index contributed by atoms with van der Waals surface area (Å²) >= 11 is 6.14. The van der Waals surface area contributed by atoms with Crippen molar-refractivity contribution in [1.29, 1.82) is 0 Å². The summed E-state index contributed by atoms with van der Waals surface area (Å²) in [6, 6.07) is 6.13. The molecule has 0 saturated carbocycles. The van der Waals surface area contributed by atoms with Crippen LogP contribution in [0.25, 0.3) is 6.08 Å². The van der Waals surface area contributed by atoms with Gasteiger partial charge in [-0.2, -0.15) is 0 Å². The normalized spacial score (nSPS) is 13.5. The molecule has 2 heteroatoms. The molecule has 0 heterocycles. The smallest absolute Gasteiger partial charge is 0.0502 e. The molecule has 0 aliphatic rings. The number of methoxy groups -OCH3 is 1. The van der Waals surface area contributed by atoms with Gasteiger partial charge in [0.15, 0.2) is 0 Å². The summed E-state index contributed by atoms with van der Waals surface area (Å²) in [5.74, 6) is 0. The van der Waals surface area contributed by atoms with Crippen molar-refractivity contribution in [3.8, 4) is 0 Å². The zero-order chi connectivity index (χ0) is 17.0. The van der Waals surface area contributed by atoms with E-state index in [1.54, 1.807) is 7.11 Å². The van der Waals surface area contributed by atoms with Gasteiger partial charge in [-0.3, -0.25) is 0 Å². The van der Waals surface area contributed by atoms with Crippen LogP contribution in [-0.4, -0.2) is 13.7 Å². The Bertz CT molecular complexity index is 521. The van der Waals surface area contributed by atoms with Crippen LogP contribution in [0.2, 0.25) is 5.02 Å². The molecule has 0 N–H and O–H groups in total. The maximum absolute atomic E-state index is 6.14. The second-order valence-corrected chi connectivity index (χ2v) is 8.32. The maximum Gasteiger partial charge on any atom is 0.0502 e. The lowest BCUT2D eigenvalue weighted by Gasteiger charge is -2.39. The van der Waals surface area contributed by atoms with E-state index in [1.807, 2.05) is 6.07 Å². The highest BCUT2D eigenvalue weighted by Gasteiger charge is 2.32. The summed E-state index contributed by atoms with van der Waals surface area (Å²) < 4.78 is 5.21. The van der Waals surface area contributed by atoms with Gasteiger partial charge in [-0.15, -0.1) is 0 Å². The first-order valence-electron chi connectivity index (χ1n) is 8.01. The fourth-order valence-corrected chi connectivity index (χ4v) is 2.62. The Balaban J connectivity index is 3.01. The van der Waals surface area contributed by atoms with Crippen LogP contribution in [-0.2, 0) is 11.2 Å². The van der Waals surface area contributed by atoms with E-state index in [4.69, 9.17) is 16.3 Å². The molecule has 1 nitrogen and oxygen atoms in total. The monoisotopic (exact) mass is 322 g/mol. The minimum absolute atomic E-state index is 0.257. The summed E-state index contributed by atoms with van der Waals surface area (Å²) in [5.41, 5.74) is 4.44. The molecular formula is C20H31ClO. The zero-order valence-electron chi connectivity index (χ0n) is 15.2. The highest BCUT2D eigenvalue weighted by molar-refractivity contribution is 6.30. The third-order valence-electron chi connectivity index (χ3n) is 4.83. The van der Waals surface area contributed by atoms with E-state index in [1.165, 1.54) is 16.7 Å². The van der Waals surface area contributed by atoms with Crippen molar-refractivity contribution < 1.29 is 4.74 Å². The van der Waals surface area contributed by atoms with Gasteiger partial charge in [0.25, 0.3) is 0 Å². The van der Waals surface area contributed by atoms with E-state index in [-0.39, 0.29) is 10.8 Å². The number of hydrogen-bond acceptors (Lipinski definition) is 1. The summed E-state index contributed by atoms with van der Waals surface area (Å²) in [6.07, 6.45) is 4.27. The van der Waals surface area contributed by atoms with Crippen LogP contribution in [0.4, 0.5) is 0 Å². The Morgan fingerprint density at radius 1 is 1.18 bits per heavy atom. The highest BCUT2D eigenvalue weighted by atomic mass is 35.5. The molecule has 0 radical (unpaired) electrons. The molecule has 124 valence electrons. The van der Waals surface area contributed by atoms with Crippen molar-refractivity contribution in [1.82, 2.24) is 0 Å². The summed E-state index contributed by atoms with van der Waals surface area (Å²) in [6.45, 7) is 14.6. The van der Waals surface area contributed by atoms with Crippen LogP contribution in [0.15, 0.2) is 23.8 Å². The first kappa shape index (κ1) is 19.3. The minimum Gasteiger partial charge on any atom is -0.384 e. The van der Waals surface area contributed by atoms with Gasteiger partial charge in [-0.1, -0.05) is 63.9 Å². The van der Waals surface area contributed by atoms with Gasteiger partial charge in [0, 0.05) is 12.1 Å². The van der Waals surface area contributed by atoms with Crippen molar-refractivity contribution in [3.63, 3.8) is 0 Å². The van der Waals surface area contributed by atoms with E-state index in [0.717, 1.165) is 17.9 Å². The number of rotatable bonds is 6. The molecule has 1 aromatic rings. The van der Waals surface area contributed by atoms with Crippen molar-refractivity contribution >= 4 is 17.7 Å². The third kappa shape index (κ3) is 5.44. The third-order valence-corrected chi connectivity index (χ3v) is 5.07. The molecule has 0 amide bonds. The molecule has 1 rings (SSSR count). The number of hydrogen-bond donors (Lipinski definition) is 0. The van der Waals surface area contributed by atoms with E-state index >= 15 is 0 Å². The fourth-order valence-electron chi connectivity index (χ4n) is 2.42. The summed E-state index contributed by atoms with van der Waals surface area (Å²) in [7, 11) is 1.73. The van der Waals surface area contributed by atoms with Crippen molar-refractivity contribution in [3.05, 3.63) is 39.9 Å². The Morgan fingerprint density at radius 3 is 2.36 bits per heavy atom. The van der Waals surface area contributed by atoms with Crippen molar-refractivity contribution in [2.75, 3.05) is 13.7 Å². The maximum atomic E-state index is 6.14. The number of ether oxygens (including phenoxy) is 1. The van der Waals surface area contributed by atoms with Crippen LogP contribution in [0.5, 0.6) is 0 Å². The Morgan fingerprint density at radius 2 is 1.82 bits per heavy atom. The molecular weight excluding hydrogens is 292 g/mol. The molecule has 0 spiro atoms. The molecule has 0 aromatic heterocycles. The fraction of sp³-hybridized carbons (Fsp3) is 0.600. The molecule has 0 atom stereocenters. The predicted molar refractivity (Wildman–Crippen MR) is 98.5 cm³/mol. The van der Waals surface area contributed by atoms with Crippen LogP contribution in [0, 0.1) is 10.8 Å². The number of allylic oxidation sites excluding steroid dienone is 1. The van der Waals surface area contributed by atoms with Crippen LogP contribution >= 0.6 is 11.6 Å². The largest absolute Gasteiger partial charge is 0.384 e. The molecule has 0 aliphatic carbocycles. The van der Waals surface area contributed by atoms with E-state index in [0.29, 0.717) is 6.61 Å². The predicted octanol–water partition coefficient (Wildman–Crippen LogP) is 6.39. The van der Waals surface area contributed by atoms with E-state index in [9.17, 15) is 0 Å². The Hall–Kier alpha value is -0.790.